The average Bonchev–Trinajstić information content (AvgIpc) is 2.35. The molecule has 0 atom stereocenters. The molecule has 1 aromatic carbocycles. The van der Waals surface area contributed by atoms with Gasteiger partial charge in [0, 0.05) is 6.07 Å². The van der Waals surface area contributed by atoms with E-state index in [-0.39, 0.29) is 23.1 Å². The molecule has 0 aliphatic carbocycles. The minimum absolute atomic E-state index is 0. The Kier molecular flexibility index (Phi) is 6.39. The number of aliphatic carboxylic acids is 2. The molecular weight excluding hydrogens is 282 g/mol. The molecule has 0 aromatic heterocycles. The van der Waals surface area contributed by atoms with Gasteiger partial charge < -0.3 is 24.5 Å². The molecule has 0 aliphatic heterocycles. The van der Waals surface area contributed by atoms with Gasteiger partial charge in [-0.25, -0.2) is 0 Å². The van der Waals surface area contributed by atoms with Gasteiger partial charge in [0.25, 0.3) is 0 Å². The molecule has 0 fully saturated rings. The fraction of sp³-hybridized carbons (Fsp3) is 0.273. The summed E-state index contributed by atoms with van der Waals surface area (Å²) in [5.41, 5.74) is -3.32. The summed E-state index contributed by atoms with van der Waals surface area (Å²) < 4.78 is 4.80. The summed E-state index contributed by atoms with van der Waals surface area (Å²) in [5.74, 6) is -4.55. The van der Waals surface area contributed by atoms with Gasteiger partial charge in [-0.3, -0.25) is 10.1 Å². The van der Waals surface area contributed by atoms with Crippen molar-refractivity contribution >= 4 is 40.7 Å². The molecule has 0 saturated heterocycles. The van der Waals surface area contributed by atoms with E-state index in [1.54, 1.807) is 0 Å². The van der Waals surface area contributed by atoms with E-state index in [4.69, 9.17) is 4.74 Å². The zero-order chi connectivity index (χ0) is 14.6. The largest absolute Gasteiger partial charge is 2.00 e. The first-order chi connectivity index (χ1) is 8.85. The zero-order valence-corrected chi connectivity index (χ0v) is 11.9. The predicted octanol–water partition coefficient (Wildman–Crippen LogP) is -1.76. The number of hydrogen-bond donors (Lipinski definition) is 0. The van der Waals surface area contributed by atoms with Crippen LogP contribution in [0.3, 0.4) is 0 Å². The summed E-state index contributed by atoms with van der Waals surface area (Å²) in [6.45, 7) is 1.22. The first-order valence-corrected chi connectivity index (χ1v) is 5.20. The number of carbonyl (C=O) groups excluding carboxylic acids is 2. The summed E-state index contributed by atoms with van der Waals surface area (Å²) in [4.78, 5) is 31.8. The Bertz CT molecular complexity index is 517. The van der Waals surface area contributed by atoms with Crippen LogP contribution in [0.5, 0.6) is 5.75 Å². The second kappa shape index (κ2) is 7.05. The van der Waals surface area contributed by atoms with Gasteiger partial charge in [0.05, 0.1) is 16.9 Å². The molecule has 1 rings (SSSR count). The third-order valence-corrected chi connectivity index (χ3v) is 2.50. The normalized spacial score (nSPS) is 10.2. The molecule has 0 heterocycles. The summed E-state index contributed by atoms with van der Waals surface area (Å²) in [6.07, 6.45) is -0.510. The maximum Gasteiger partial charge on any atom is 2.00 e. The van der Waals surface area contributed by atoms with E-state index in [9.17, 15) is 29.9 Å². The Morgan fingerprint density at radius 2 is 1.75 bits per heavy atom. The Hall–Kier alpha value is -1.87. The van der Waals surface area contributed by atoms with E-state index >= 15 is 0 Å². The maximum atomic E-state index is 11.0. The minimum atomic E-state index is -2.77. The standard InChI is InChI=1S/C11H11NO7.Mg/c1-2-11(9(13)14,10(15)16)19-8-6-4-3-5-7(8)12(17)18;/h3-6H,2H2,1H3,(H,13,14)(H,15,16);/q;+2/p-2. The van der Waals surface area contributed by atoms with E-state index < -0.39 is 40.3 Å². The topological polar surface area (TPSA) is 133 Å². The number of nitro benzene ring substituents is 1. The molecule has 8 nitrogen and oxygen atoms in total. The summed E-state index contributed by atoms with van der Waals surface area (Å²) in [5, 5.41) is 32.6. The molecule has 0 saturated carbocycles. The molecule has 0 N–H and O–H groups in total. The summed E-state index contributed by atoms with van der Waals surface area (Å²) in [6, 6.07) is 4.82. The van der Waals surface area contributed by atoms with E-state index in [0.29, 0.717) is 0 Å². The predicted molar refractivity (Wildman–Crippen MR) is 62.5 cm³/mol. The Balaban J connectivity index is 0.00000361. The Morgan fingerprint density at radius 1 is 1.25 bits per heavy atom. The van der Waals surface area contributed by atoms with Crippen molar-refractivity contribution in [3.63, 3.8) is 0 Å². The molecule has 0 aliphatic rings. The molecule has 0 bridgehead atoms. The van der Waals surface area contributed by atoms with Crippen LogP contribution in [0, 0.1) is 10.1 Å². The molecule has 0 unspecified atom stereocenters. The Morgan fingerprint density at radius 3 is 2.15 bits per heavy atom. The van der Waals surface area contributed by atoms with Crippen LogP contribution in [-0.4, -0.2) is 45.5 Å². The smallest absolute Gasteiger partial charge is 0.545 e. The number of benzene rings is 1. The van der Waals surface area contributed by atoms with Gasteiger partial charge in [-0.1, -0.05) is 19.1 Å². The number of para-hydroxylation sites is 2. The summed E-state index contributed by atoms with van der Waals surface area (Å²) >= 11 is 0. The summed E-state index contributed by atoms with van der Waals surface area (Å²) in [7, 11) is 0. The molecule has 102 valence electrons. The number of rotatable bonds is 6. The molecule has 0 spiro atoms. The van der Waals surface area contributed by atoms with Crippen LogP contribution < -0.4 is 14.9 Å². The maximum absolute atomic E-state index is 11.0. The quantitative estimate of drug-likeness (QED) is 0.262. The first-order valence-electron chi connectivity index (χ1n) is 5.20. The zero-order valence-electron chi connectivity index (χ0n) is 10.5. The van der Waals surface area contributed by atoms with Crippen molar-refractivity contribution in [1.82, 2.24) is 0 Å². The van der Waals surface area contributed by atoms with Crippen LogP contribution in [-0.2, 0) is 9.59 Å². The van der Waals surface area contributed by atoms with Crippen LogP contribution in [0.2, 0.25) is 0 Å². The number of carbonyl (C=O) groups is 2. The van der Waals surface area contributed by atoms with Gasteiger partial charge >= 0.3 is 28.7 Å². The minimum Gasteiger partial charge on any atom is -0.545 e. The molecule has 1 aromatic rings. The van der Waals surface area contributed by atoms with Crippen LogP contribution in [0.4, 0.5) is 5.69 Å². The van der Waals surface area contributed by atoms with Crippen molar-refractivity contribution in [3.05, 3.63) is 34.4 Å². The van der Waals surface area contributed by atoms with Crippen LogP contribution in [0.15, 0.2) is 24.3 Å². The van der Waals surface area contributed by atoms with Crippen LogP contribution >= 0.6 is 0 Å². The fourth-order valence-corrected chi connectivity index (χ4v) is 1.41. The van der Waals surface area contributed by atoms with E-state index in [1.165, 1.54) is 19.1 Å². The van der Waals surface area contributed by atoms with Gasteiger partial charge in [0.15, 0.2) is 11.4 Å². The number of ether oxygens (including phenoxy) is 1. The number of nitrogens with zero attached hydrogens (tertiary/aromatic N) is 1. The van der Waals surface area contributed by atoms with Crippen molar-refractivity contribution in [3.8, 4) is 5.75 Å². The molecular formula is C11H9MgNO7. The monoisotopic (exact) mass is 291 g/mol. The van der Waals surface area contributed by atoms with Crippen molar-refractivity contribution in [2.45, 2.75) is 18.9 Å². The third-order valence-electron chi connectivity index (χ3n) is 2.50. The fourth-order valence-electron chi connectivity index (χ4n) is 1.41. The van der Waals surface area contributed by atoms with E-state index in [2.05, 4.69) is 0 Å². The van der Waals surface area contributed by atoms with Gasteiger partial charge in [-0.05, 0) is 12.5 Å². The number of nitro groups is 1. The number of hydrogen-bond acceptors (Lipinski definition) is 7. The second-order valence-electron chi connectivity index (χ2n) is 3.58. The number of carboxylic acids is 2. The van der Waals surface area contributed by atoms with Crippen LogP contribution in [0.1, 0.15) is 13.3 Å². The van der Waals surface area contributed by atoms with Gasteiger partial charge in [0.1, 0.15) is 0 Å². The van der Waals surface area contributed by atoms with Gasteiger partial charge in [0.2, 0.25) is 0 Å². The molecule has 9 heteroatoms. The van der Waals surface area contributed by atoms with Gasteiger partial charge in [-0.15, -0.1) is 0 Å². The van der Waals surface area contributed by atoms with Crippen molar-refractivity contribution in [1.29, 1.82) is 0 Å². The van der Waals surface area contributed by atoms with Crippen molar-refractivity contribution < 1.29 is 29.5 Å². The SMILES string of the molecule is CCC(Oc1ccccc1[N+](=O)[O-])(C(=O)[O-])C(=O)[O-].[Mg+2]. The average molecular weight is 291 g/mol. The first kappa shape index (κ1) is 18.1. The molecule has 0 amide bonds. The second-order valence-corrected chi connectivity index (χ2v) is 3.58. The number of carboxylic acid groups (broad SMARTS) is 2. The Labute approximate surface area is 129 Å². The third kappa shape index (κ3) is 3.36. The van der Waals surface area contributed by atoms with Crippen molar-refractivity contribution in [2.24, 2.45) is 0 Å². The van der Waals surface area contributed by atoms with Gasteiger partial charge in [-0.2, -0.15) is 0 Å². The van der Waals surface area contributed by atoms with E-state index in [0.717, 1.165) is 12.1 Å². The van der Waals surface area contributed by atoms with Crippen molar-refractivity contribution in [2.75, 3.05) is 0 Å². The van der Waals surface area contributed by atoms with E-state index in [1.807, 2.05) is 0 Å². The molecule has 0 radical (unpaired) electrons. The van der Waals surface area contributed by atoms with Crippen LogP contribution in [0.25, 0.3) is 0 Å². The molecule has 20 heavy (non-hydrogen) atoms.